The number of rotatable bonds is 10. The second-order valence-corrected chi connectivity index (χ2v) is 11.0. The van der Waals surface area contributed by atoms with Crippen LogP contribution in [0.4, 0.5) is 0 Å². The topological polar surface area (TPSA) is 98.8 Å². The highest BCUT2D eigenvalue weighted by Gasteiger charge is 2.23. The van der Waals surface area contributed by atoms with E-state index in [9.17, 15) is 16.8 Å². The molecule has 0 spiro atoms. The summed E-state index contributed by atoms with van der Waals surface area (Å²) in [6.45, 7) is 1.96. The predicted molar refractivity (Wildman–Crippen MR) is 126 cm³/mol. The molecule has 0 atom stereocenters. The third-order valence-corrected chi connectivity index (χ3v) is 8.54. The van der Waals surface area contributed by atoms with Crippen LogP contribution in [0.2, 0.25) is 0 Å². The van der Waals surface area contributed by atoms with E-state index in [2.05, 4.69) is 4.72 Å². The van der Waals surface area contributed by atoms with Crippen molar-refractivity contribution in [1.29, 1.82) is 0 Å². The molecule has 0 amide bonds. The van der Waals surface area contributed by atoms with Crippen LogP contribution in [0.3, 0.4) is 0 Å². The Balaban J connectivity index is 1.84. The zero-order valence-electron chi connectivity index (χ0n) is 18.7. The van der Waals surface area contributed by atoms with Crippen LogP contribution >= 0.6 is 0 Å². The Morgan fingerprint density at radius 3 is 2.12 bits per heavy atom. The minimum Gasteiger partial charge on any atom is -0.493 e. The minimum absolute atomic E-state index is 0.0330. The Bertz CT molecular complexity index is 1320. The number of ether oxygens (including phenoxy) is 2. The van der Waals surface area contributed by atoms with Crippen LogP contribution in [0.5, 0.6) is 11.5 Å². The SMILES string of the molecule is CCc1ccc(S(=O)(=O)c2ccccc2)cc1S(=O)(=O)NCCc1ccc(OC)c(OC)c1. The number of nitrogens with one attached hydrogen (secondary N) is 1. The maximum Gasteiger partial charge on any atom is 0.240 e. The van der Waals surface area contributed by atoms with Crippen molar-refractivity contribution in [3.05, 3.63) is 77.9 Å². The van der Waals surface area contributed by atoms with Crippen LogP contribution in [0.1, 0.15) is 18.1 Å². The first kappa shape index (κ1) is 24.8. The fourth-order valence-electron chi connectivity index (χ4n) is 3.42. The van der Waals surface area contributed by atoms with E-state index >= 15 is 0 Å². The average Bonchev–Trinajstić information content (AvgIpc) is 2.83. The molecule has 0 bridgehead atoms. The van der Waals surface area contributed by atoms with Gasteiger partial charge >= 0.3 is 0 Å². The smallest absolute Gasteiger partial charge is 0.240 e. The van der Waals surface area contributed by atoms with Crippen LogP contribution in [0, 0.1) is 0 Å². The Hall–Kier alpha value is -2.88. The van der Waals surface area contributed by atoms with E-state index in [0.29, 0.717) is 29.9 Å². The van der Waals surface area contributed by atoms with Gasteiger partial charge in [0.05, 0.1) is 28.9 Å². The fourth-order valence-corrected chi connectivity index (χ4v) is 6.17. The molecule has 0 saturated carbocycles. The van der Waals surface area contributed by atoms with Crippen molar-refractivity contribution in [1.82, 2.24) is 4.72 Å². The lowest BCUT2D eigenvalue weighted by atomic mass is 10.1. The van der Waals surface area contributed by atoms with Gasteiger partial charge in [-0.2, -0.15) is 0 Å². The molecule has 0 aliphatic rings. The fraction of sp³-hybridized carbons (Fsp3) is 0.250. The molecule has 0 aliphatic heterocycles. The van der Waals surface area contributed by atoms with Gasteiger partial charge in [-0.3, -0.25) is 0 Å². The van der Waals surface area contributed by atoms with Crippen molar-refractivity contribution in [3.63, 3.8) is 0 Å². The number of benzene rings is 3. The molecule has 0 unspecified atom stereocenters. The molecular weight excluding hydrogens is 462 g/mol. The summed E-state index contributed by atoms with van der Waals surface area (Å²) < 4.78 is 65.2. The number of sulfone groups is 1. The van der Waals surface area contributed by atoms with Crippen molar-refractivity contribution in [3.8, 4) is 11.5 Å². The number of aryl methyl sites for hydroxylation is 1. The average molecular weight is 490 g/mol. The van der Waals surface area contributed by atoms with Crippen molar-refractivity contribution in [2.24, 2.45) is 0 Å². The van der Waals surface area contributed by atoms with Crippen molar-refractivity contribution >= 4 is 19.9 Å². The highest BCUT2D eigenvalue weighted by Crippen LogP contribution is 2.28. The quantitative estimate of drug-likeness (QED) is 0.467. The molecule has 7 nitrogen and oxygen atoms in total. The molecule has 0 aromatic heterocycles. The van der Waals surface area contributed by atoms with Gasteiger partial charge in [0.15, 0.2) is 11.5 Å². The highest BCUT2D eigenvalue weighted by molar-refractivity contribution is 7.91. The largest absolute Gasteiger partial charge is 0.493 e. The van der Waals surface area contributed by atoms with Gasteiger partial charge in [0.25, 0.3) is 0 Å². The minimum atomic E-state index is -3.94. The van der Waals surface area contributed by atoms with Gasteiger partial charge < -0.3 is 9.47 Å². The van der Waals surface area contributed by atoms with E-state index in [1.807, 2.05) is 13.0 Å². The lowest BCUT2D eigenvalue weighted by Crippen LogP contribution is -2.27. The zero-order valence-corrected chi connectivity index (χ0v) is 20.4. The van der Waals surface area contributed by atoms with E-state index in [4.69, 9.17) is 9.47 Å². The molecular formula is C24H27NO6S2. The maximum atomic E-state index is 13.1. The summed E-state index contributed by atoms with van der Waals surface area (Å²) in [5.74, 6) is 1.15. The summed E-state index contributed by atoms with van der Waals surface area (Å²) in [5.41, 5.74) is 1.41. The van der Waals surface area contributed by atoms with Crippen LogP contribution in [-0.4, -0.2) is 37.6 Å². The standard InChI is InChI=1S/C24H27NO6S2/c1-4-19-11-12-21(32(26,27)20-8-6-5-7-9-20)17-24(19)33(28,29)25-15-14-18-10-13-22(30-2)23(16-18)31-3/h5-13,16-17,25H,4,14-15H2,1-3H3. The Kier molecular flexibility index (Phi) is 7.78. The first-order chi connectivity index (χ1) is 15.7. The number of hydrogen-bond donors (Lipinski definition) is 1. The summed E-state index contributed by atoms with van der Waals surface area (Å²) in [6, 6.07) is 17.6. The van der Waals surface area contributed by atoms with E-state index in [-0.39, 0.29) is 21.2 Å². The summed E-state index contributed by atoms with van der Waals surface area (Å²) in [4.78, 5) is 0.0134. The highest BCUT2D eigenvalue weighted by atomic mass is 32.2. The van der Waals surface area contributed by atoms with Gasteiger partial charge in [-0.25, -0.2) is 21.6 Å². The van der Waals surface area contributed by atoms with Crippen LogP contribution in [0.25, 0.3) is 0 Å². The van der Waals surface area contributed by atoms with Crippen molar-refractivity contribution in [2.75, 3.05) is 20.8 Å². The number of sulfonamides is 1. The van der Waals surface area contributed by atoms with E-state index in [1.165, 1.54) is 31.4 Å². The summed E-state index contributed by atoms with van der Waals surface area (Å²) in [7, 11) is -4.70. The Labute approximate surface area is 195 Å². The van der Waals surface area contributed by atoms with Crippen molar-refractivity contribution in [2.45, 2.75) is 34.5 Å². The number of methoxy groups -OCH3 is 2. The summed E-state index contributed by atoms with van der Waals surface area (Å²) in [6.07, 6.45) is 0.862. The summed E-state index contributed by atoms with van der Waals surface area (Å²) >= 11 is 0. The van der Waals surface area contributed by atoms with E-state index in [0.717, 1.165) is 5.56 Å². The molecule has 0 aliphatic carbocycles. The molecule has 0 saturated heterocycles. The molecule has 3 aromatic carbocycles. The van der Waals surface area contributed by atoms with Gasteiger partial charge in [-0.15, -0.1) is 0 Å². The molecule has 0 fully saturated rings. The molecule has 1 N–H and O–H groups in total. The van der Waals surface area contributed by atoms with E-state index < -0.39 is 19.9 Å². The lowest BCUT2D eigenvalue weighted by Gasteiger charge is -2.14. The van der Waals surface area contributed by atoms with Gasteiger partial charge in [0, 0.05) is 6.54 Å². The van der Waals surface area contributed by atoms with Gasteiger partial charge in [0.1, 0.15) is 0 Å². The molecule has 176 valence electrons. The zero-order chi connectivity index (χ0) is 24.1. The van der Waals surface area contributed by atoms with Crippen molar-refractivity contribution < 1.29 is 26.3 Å². The second-order valence-electron chi connectivity index (χ2n) is 7.28. The third kappa shape index (κ3) is 5.55. The first-order valence-corrected chi connectivity index (χ1v) is 13.3. The van der Waals surface area contributed by atoms with Gasteiger partial charge in [-0.1, -0.05) is 37.3 Å². The lowest BCUT2D eigenvalue weighted by molar-refractivity contribution is 0.354. The van der Waals surface area contributed by atoms with Gasteiger partial charge in [-0.05, 0) is 60.4 Å². The van der Waals surface area contributed by atoms with Crippen LogP contribution < -0.4 is 14.2 Å². The molecule has 0 heterocycles. The maximum absolute atomic E-state index is 13.1. The summed E-state index contributed by atoms with van der Waals surface area (Å²) in [5, 5.41) is 0. The molecule has 3 rings (SSSR count). The molecule has 3 aromatic rings. The van der Waals surface area contributed by atoms with Crippen LogP contribution in [-0.2, 0) is 32.7 Å². The predicted octanol–water partition coefficient (Wildman–Crippen LogP) is 3.62. The van der Waals surface area contributed by atoms with Gasteiger partial charge in [0.2, 0.25) is 19.9 Å². The second kappa shape index (κ2) is 10.4. The first-order valence-electron chi connectivity index (χ1n) is 10.4. The third-order valence-electron chi connectivity index (χ3n) is 5.23. The monoisotopic (exact) mass is 489 g/mol. The van der Waals surface area contributed by atoms with E-state index in [1.54, 1.807) is 43.5 Å². The molecule has 9 heteroatoms. The normalized spacial score (nSPS) is 11.8. The molecule has 33 heavy (non-hydrogen) atoms. The Morgan fingerprint density at radius 2 is 1.48 bits per heavy atom. The number of hydrogen-bond acceptors (Lipinski definition) is 6. The van der Waals surface area contributed by atoms with Crippen LogP contribution in [0.15, 0.2) is 81.4 Å². The molecule has 0 radical (unpaired) electrons. The Morgan fingerprint density at radius 1 is 0.788 bits per heavy atom.